The fraction of sp³-hybridized carbons (Fsp3) is 0.348. The van der Waals surface area contributed by atoms with E-state index in [9.17, 15) is 18.4 Å². The summed E-state index contributed by atoms with van der Waals surface area (Å²) in [7, 11) is 0. The fourth-order valence-corrected chi connectivity index (χ4v) is 4.97. The number of anilines is 1. The third-order valence-electron chi connectivity index (χ3n) is 5.24. The minimum absolute atomic E-state index is 0.0337. The maximum Gasteiger partial charge on any atom is 0.387 e. The Morgan fingerprint density at radius 1 is 1.21 bits per heavy atom. The van der Waals surface area contributed by atoms with Gasteiger partial charge in [-0.2, -0.15) is 13.9 Å². The molecule has 0 radical (unpaired) electrons. The highest BCUT2D eigenvalue weighted by atomic mass is 32.1. The fourth-order valence-electron chi connectivity index (χ4n) is 3.70. The van der Waals surface area contributed by atoms with Crippen LogP contribution in [0.5, 0.6) is 5.75 Å². The van der Waals surface area contributed by atoms with Crippen molar-refractivity contribution < 1.29 is 27.8 Å². The standard InChI is InChI=1S/C23H23F2N3O4S/c1-2-11-31-22(30)19-15-5-3-4-6-18(15)33-21(19)26-20(29)17-12-16(27-28-17)13-7-9-14(10-8-13)32-23(24)25/h7-10,12,23H,2-6,11H2,1H3,(H,26,29)(H,27,28). The highest BCUT2D eigenvalue weighted by Crippen LogP contribution is 2.39. The van der Waals surface area contributed by atoms with Gasteiger partial charge in [0.05, 0.1) is 17.9 Å². The summed E-state index contributed by atoms with van der Waals surface area (Å²) < 4.78 is 34.3. The number of hydrogen-bond donors (Lipinski definition) is 2. The first kappa shape index (κ1) is 22.9. The molecule has 2 N–H and O–H groups in total. The molecule has 174 valence electrons. The van der Waals surface area contributed by atoms with Crippen molar-refractivity contribution in [3.63, 3.8) is 0 Å². The van der Waals surface area contributed by atoms with Gasteiger partial charge < -0.3 is 14.8 Å². The van der Waals surface area contributed by atoms with Crippen LogP contribution >= 0.6 is 11.3 Å². The van der Waals surface area contributed by atoms with E-state index in [1.807, 2.05) is 6.92 Å². The number of H-pyrrole nitrogens is 1. The maximum absolute atomic E-state index is 12.9. The van der Waals surface area contributed by atoms with E-state index in [0.29, 0.717) is 34.8 Å². The second-order valence-electron chi connectivity index (χ2n) is 7.57. The van der Waals surface area contributed by atoms with Crippen LogP contribution in [0.15, 0.2) is 30.3 Å². The van der Waals surface area contributed by atoms with Crippen LogP contribution in [0.1, 0.15) is 57.5 Å². The van der Waals surface area contributed by atoms with Crippen LogP contribution in [0.2, 0.25) is 0 Å². The molecule has 2 aromatic heterocycles. The molecule has 1 amide bonds. The van der Waals surface area contributed by atoms with Crippen LogP contribution in [0.25, 0.3) is 11.3 Å². The lowest BCUT2D eigenvalue weighted by Gasteiger charge is -2.12. The second kappa shape index (κ2) is 10.1. The van der Waals surface area contributed by atoms with E-state index in [1.165, 1.54) is 23.5 Å². The summed E-state index contributed by atoms with van der Waals surface area (Å²) in [5, 5.41) is 10.2. The molecule has 1 aliphatic rings. The Morgan fingerprint density at radius 2 is 1.97 bits per heavy atom. The van der Waals surface area contributed by atoms with E-state index in [4.69, 9.17) is 4.74 Å². The monoisotopic (exact) mass is 475 g/mol. The number of fused-ring (bicyclic) bond motifs is 1. The molecule has 0 unspecified atom stereocenters. The van der Waals surface area contributed by atoms with Gasteiger partial charge in [-0.25, -0.2) is 4.79 Å². The first-order valence-electron chi connectivity index (χ1n) is 10.7. The number of thiophene rings is 1. The Hall–Kier alpha value is -3.27. The van der Waals surface area contributed by atoms with Gasteiger partial charge in [0.2, 0.25) is 0 Å². The van der Waals surface area contributed by atoms with Gasteiger partial charge in [-0.1, -0.05) is 6.92 Å². The zero-order valence-electron chi connectivity index (χ0n) is 18.0. The zero-order chi connectivity index (χ0) is 23.4. The average molecular weight is 476 g/mol. The number of aryl methyl sites for hydroxylation is 1. The molecule has 33 heavy (non-hydrogen) atoms. The number of carbonyl (C=O) groups excluding carboxylic acids is 2. The molecule has 0 spiro atoms. The zero-order valence-corrected chi connectivity index (χ0v) is 18.8. The van der Waals surface area contributed by atoms with E-state index >= 15 is 0 Å². The number of halogens is 2. The summed E-state index contributed by atoms with van der Waals surface area (Å²) in [6, 6.07) is 7.51. The van der Waals surface area contributed by atoms with E-state index < -0.39 is 18.5 Å². The number of carbonyl (C=O) groups is 2. The molecule has 10 heteroatoms. The summed E-state index contributed by atoms with van der Waals surface area (Å²) >= 11 is 1.41. The summed E-state index contributed by atoms with van der Waals surface area (Å²) in [4.78, 5) is 26.7. The molecule has 3 aromatic rings. The smallest absolute Gasteiger partial charge is 0.387 e. The number of nitrogens with zero attached hydrogens (tertiary/aromatic N) is 1. The van der Waals surface area contributed by atoms with Crippen LogP contribution in [-0.4, -0.2) is 35.3 Å². The molecule has 0 saturated carbocycles. The van der Waals surface area contributed by atoms with Gasteiger partial charge in [0, 0.05) is 10.4 Å². The Balaban J connectivity index is 1.53. The van der Waals surface area contributed by atoms with Crippen molar-refractivity contribution in [1.82, 2.24) is 10.2 Å². The molecule has 0 fully saturated rings. The molecular weight excluding hydrogens is 452 g/mol. The number of rotatable bonds is 8. The Morgan fingerprint density at radius 3 is 2.70 bits per heavy atom. The number of aromatic amines is 1. The van der Waals surface area contributed by atoms with Crippen LogP contribution in [0, 0.1) is 0 Å². The van der Waals surface area contributed by atoms with Gasteiger partial charge in [-0.15, -0.1) is 11.3 Å². The van der Waals surface area contributed by atoms with Gasteiger partial charge >= 0.3 is 12.6 Å². The number of esters is 1. The number of aromatic nitrogens is 2. The topological polar surface area (TPSA) is 93.3 Å². The molecule has 0 saturated heterocycles. The van der Waals surface area contributed by atoms with Gasteiger partial charge in [0.25, 0.3) is 5.91 Å². The van der Waals surface area contributed by atoms with Crippen molar-refractivity contribution in [2.75, 3.05) is 11.9 Å². The number of hydrogen-bond acceptors (Lipinski definition) is 6. The number of alkyl halides is 2. The van der Waals surface area contributed by atoms with Crippen molar-refractivity contribution in [1.29, 1.82) is 0 Å². The molecule has 0 aliphatic heterocycles. The third kappa shape index (κ3) is 5.22. The van der Waals surface area contributed by atoms with Crippen LogP contribution in [0.3, 0.4) is 0 Å². The van der Waals surface area contributed by atoms with Crippen molar-refractivity contribution in [2.45, 2.75) is 45.6 Å². The number of benzene rings is 1. The van der Waals surface area contributed by atoms with E-state index in [-0.39, 0.29) is 11.4 Å². The Bertz CT molecular complexity index is 1140. The molecule has 1 aromatic carbocycles. The number of nitrogens with one attached hydrogen (secondary N) is 2. The predicted octanol–water partition coefficient (Wildman–Crippen LogP) is 5.44. The Kier molecular flexibility index (Phi) is 7.02. The summed E-state index contributed by atoms with van der Waals surface area (Å²) in [6.45, 7) is -0.653. The maximum atomic E-state index is 12.9. The summed E-state index contributed by atoms with van der Waals surface area (Å²) in [6.07, 6.45) is 4.43. The highest BCUT2D eigenvalue weighted by molar-refractivity contribution is 7.17. The minimum Gasteiger partial charge on any atom is -0.462 e. The molecule has 2 heterocycles. The van der Waals surface area contributed by atoms with Gasteiger partial charge in [0.15, 0.2) is 0 Å². The second-order valence-corrected chi connectivity index (χ2v) is 8.68. The summed E-state index contributed by atoms with van der Waals surface area (Å²) in [5.41, 5.74) is 2.72. The van der Waals surface area contributed by atoms with Gasteiger partial charge in [-0.05, 0) is 68.0 Å². The van der Waals surface area contributed by atoms with Gasteiger partial charge in [0.1, 0.15) is 16.4 Å². The van der Waals surface area contributed by atoms with E-state index in [0.717, 1.165) is 36.1 Å². The largest absolute Gasteiger partial charge is 0.462 e. The first-order valence-corrected chi connectivity index (χ1v) is 11.5. The third-order valence-corrected chi connectivity index (χ3v) is 6.44. The molecule has 4 rings (SSSR count). The quantitative estimate of drug-likeness (QED) is 0.423. The van der Waals surface area contributed by atoms with E-state index in [1.54, 1.807) is 18.2 Å². The van der Waals surface area contributed by atoms with Crippen LogP contribution in [0.4, 0.5) is 13.8 Å². The molecule has 1 aliphatic carbocycles. The predicted molar refractivity (Wildman–Crippen MR) is 120 cm³/mol. The first-order chi connectivity index (χ1) is 16.0. The lowest BCUT2D eigenvalue weighted by molar-refractivity contribution is -0.0498. The molecule has 0 bridgehead atoms. The number of amides is 1. The van der Waals surface area contributed by atoms with Crippen LogP contribution in [-0.2, 0) is 17.6 Å². The normalized spacial score (nSPS) is 13.0. The van der Waals surface area contributed by atoms with Crippen molar-refractivity contribution >= 4 is 28.2 Å². The van der Waals surface area contributed by atoms with Crippen LogP contribution < -0.4 is 10.1 Å². The SMILES string of the molecule is CCCOC(=O)c1c(NC(=O)c2cc(-c3ccc(OC(F)F)cc3)n[nH]2)sc2c1CCCC2. The average Bonchev–Trinajstić information content (AvgIpc) is 3.42. The van der Waals surface area contributed by atoms with Crippen molar-refractivity contribution in [3.8, 4) is 17.0 Å². The van der Waals surface area contributed by atoms with E-state index in [2.05, 4.69) is 20.3 Å². The molecule has 7 nitrogen and oxygen atoms in total. The highest BCUT2D eigenvalue weighted by Gasteiger charge is 2.28. The lowest BCUT2D eigenvalue weighted by Crippen LogP contribution is -2.16. The molecule has 0 atom stereocenters. The van der Waals surface area contributed by atoms with Crippen molar-refractivity contribution in [2.24, 2.45) is 0 Å². The molecular formula is C23H23F2N3O4S. The minimum atomic E-state index is -2.90. The summed E-state index contributed by atoms with van der Waals surface area (Å²) in [5.74, 6) is -0.816. The Labute approximate surface area is 193 Å². The number of ether oxygens (including phenoxy) is 2. The lowest BCUT2D eigenvalue weighted by atomic mass is 9.95. The van der Waals surface area contributed by atoms with Crippen molar-refractivity contribution in [3.05, 3.63) is 52.0 Å². The van der Waals surface area contributed by atoms with Gasteiger partial charge in [-0.3, -0.25) is 9.89 Å².